The molecule has 1 aliphatic heterocycles. The Balaban J connectivity index is 2.73. The fourth-order valence-corrected chi connectivity index (χ4v) is 1.55. The van der Waals surface area contributed by atoms with Crippen LogP contribution >= 0.6 is 0 Å². The Morgan fingerprint density at radius 3 is 2.06 bits per heavy atom. The normalized spacial score (nSPS) is 21.9. The number of hydrogen-bond acceptors (Lipinski definition) is 2. The number of carbonyl (C=O) groups excluding carboxylic acids is 1. The summed E-state index contributed by atoms with van der Waals surface area (Å²) in [7, 11) is 0. The van der Waals surface area contributed by atoms with Crippen LogP contribution in [0.25, 0.3) is 0 Å². The van der Waals surface area contributed by atoms with Crippen molar-refractivity contribution in [3.8, 4) is 0 Å². The smallest absolute Gasteiger partial charge is 0.351 e. The Morgan fingerprint density at radius 1 is 1.18 bits per heavy atom. The highest BCUT2D eigenvalue weighted by Gasteiger charge is 2.61. The average molecular weight is 264 g/mol. The highest BCUT2D eigenvalue weighted by Crippen LogP contribution is 2.39. The zero-order valence-corrected chi connectivity index (χ0v) is 8.45. The maximum absolute atomic E-state index is 12.1. The molecule has 17 heavy (non-hydrogen) atoms. The van der Waals surface area contributed by atoms with Crippen molar-refractivity contribution in [2.24, 2.45) is 5.92 Å². The van der Waals surface area contributed by atoms with E-state index in [2.05, 4.69) is 5.32 Å². The molecule has 0 aliphatic carbocycles. The van der Waals surface area contributed by atoms with Crippen LogP contribution in [0.15, 0.2) is 0 Å². The van der Waals surface area contributed by atoms with E-state index < -0.39 is 30.2 Å². The minimum absolute atomic E-state index is 0.175. The van der Waals surface area contributed by atoms with E-state index >= 15 is 0 Å². The monoisotopic (exact) mass is 264 g/mol. The van der Waals surface area contributed by atoms with Gasteiger partial charge < -0.3 is 10.6 Å². The van der Waals surface area contributed by atoms with Crippen molar-refractivity contribution >= 4 is 5.91 Å². The summed E-state index contributed by atoms with van der Waals surface area (Å²) in [6.45, 7) is 0.627. The lowest BCUT2D eigenvalue weighted by atomic mass is 10.1. The van der Waals surface area contributed by atoms with E-state index in [0.717, 1.165) is 0 Å². The summed E-state index contributed by atoms with van der Waals surface area (Å²) < 4.78 is 72.9. The van der Waals surface area contributed by atoms with Crippen LogP contribution in [0, 0.1) is 5.92 Å². The molecule has 0 unspecified atom stereocenters. The first kappa shape index (κ1) is 14.1. The molecule has 1 rings (SSSR count). The van der Waals surface area contributed by atoms with E-state index in [9.17, 15) is 31.1 Å². The molecule has 1 atom stereocenters. The summed E-state index contributed by atoms with van der Waals surface area (Å²) in [6, 6.07) is -0.685. The fourth-order valence-electron chi connectivity index (χ4n) is 1.55. The fraction of sp³-hybridized carbons (Fsp3) is 0.875. The third kappa shape index (κ3) is 3.76. The highest BCUT2D eigenvalue weighted by atomic mass is 19.4. The van der Waals surface area contributed by atoms with Gasteiger partial charge in [0.1, 0.15) is 0 Å². The lowest BCUT2D eigenvalue weighted by Gasteiger charge is -2.23. The molecule has 0 bridgehead atoms. The number of amides is 1. The van der Waals surface area contributed by atoms with Crippen LogP contribution in [-0.2, 0) is 4.79 Å². The van der Waals surface area contributed by atoms with Crippen molar-refractivity contribution in [3.63, 3.8) is 0 Å². The van der Waals surface area contributed by atoms with Gasteiger partial charge in [-0.25, -0.2) is 0 Å². The van der Waals surface area contributed by atoms with Crippen LogP contribution in [-0.4, -0.2) is 37.4 Å². The predicted octanol–water partition coefficient (Wildman–Crippen LogP) is 1.21. The van der Waals surface area contributed by atoms with Gasteiger partial charge in [0.05, 0.1) is 0 Å². The summed E-state index contributed by atoms with van der Waals surface area (Å²) in [5.41, 5.74) is 0. The minimum Gasteiger partial charge on any atom is -0.351 e. The Labute approximate surface area is 92.5 Å². The van der Waals surface area contributed by atoms with Crippen molar-refractivity contribution in [1.29, 1.82) is 0 Å². The van der Waals surface area contributed by atoms with Crippen LogP contribution in [0.2, 0.25) is 0 Å². The molecule has 0 aromatic rings. The van der Waals surface area contributed by atoms with Gasteiger partial charge in [-0.3, -0.25) is 4.79 Å². The van der Waals surface area contributed by atoms with Gasteiger partial charge in [0.25, 0.3) is 0 Å². The van der Waals surface area contributed by atoms with Gasteiger partial charge in [-0.05, 0) is 13.0 Å². The highest BCUT2D eigenvalue weighted by molar-refractivity contribution is 5.80. The van der Waals surface area contributed by atoms with Gasteiger partial charge in [0.2, 0.25) is 11.8 Å². The lowest BCUT2D eigenvalue weighted by Crippen LogP contribution is -2.50. The molecule has 9 heteroatoms. The second-order valence-corrected chi connectivity index (χ2v) is 3.71. The van der Waals surface area contributed by atoms with E-state index in [1.165, 1.54) is 0 Å². The minimum atomic E-state index is -5.63. The maximum atomic E-state index is 12.1. The molecular weight excluding hydrogens is 254 g/mol. The Morgan fingerprint density at radius 2 is 1.71 bits per heavy atom. The van der Waals surface area contributed by atoms with Gasteiger partial charge in [-0.2, -0.15) is 26.3 Å². The van der Waals surface area contributed by atoms with Crippen molar-refractivity contribution < 1.29 is 31.1 Å². The molecule has 100 valence electrons. The van der Waals surface area contributed by atoms with Crippen LogP contribution in [0.5, 0.6) is 0 Å². The van der Waals surface area contributed by atoms with Crippen LogP contribution in [0.4, 0.5) is 26.3 Å². The van der Waals surface area contributed by atoms with Gasteiger partial charge in [-0.1, -0.05) is 0 Å². The molecule has 0 aromatic heterocycles. The summed E-state index contributed by atoms with van der Waals surface area (Å²) in [6.07, 6.45) is -10.9. The molecule has 0 radical (unpaired) electrons. The first-order valence-corrected chi connectivity index (χ1v) is 4.77. The Kier molecular flexibility index (Phi) is 3.90. The number of carbonyl (C=O) groups is 1. The standard InChI is InChI=1S/C8H10F6N2O/c9-7(10,11)5(8(12,13)14)6(17)16-4-1-2-15-3-4/h4-5,15H,1-3H2,(H,16,17)/t4-/m0/s1. The first-order chi connectivity index (χ1) is 7.62. The Bertz CT molecular complexity index is 267. The van der Waals surface area contributed by atoms with Crippen LogP contribution in [0.1, 0.15) is 6.42 Å². The SMILES string of the molecule is O=C(N[C@H]1CCNC1)C(C(F)(F)F)C(F)(F)F. The molecule has 0 spiro atoms. The molecule has 0 saturated carbocycles. The van der Waals surface area contributed by atoms with E-state index in [1.54, 1.807) is 5.32 Å². The number of alkyl halides is 6. The second kappa shape index (κ2) is 4.71. The van der Waals surface area contributed by atoms with E-state index in [0.29, 0.717) is 13.0 Å². The molecule has 1 amide bonds. The summed E-state index contributed by atoms with van der Waals surface area (Å²) in [5, 5.41) is 4.47. The third-order valence-electron chi connectivity index (χ3n) is 2.32. The van der Waals surface area contributed by atoms with E-state index in [-0.39, 0.29) is 6.54 Å². The zero-order chi connectivity index (χ0) is 13.3. The van der Waals surface area contributed by atoms with Gasteiger partial charge in [-0.15, -0.1) is 0 Å². The van der Waals surface area contributed by atoms with E-state index in [4.69, 9.17) is 0 Å². The molecule has 1 heterocycles. The lowest BCUT2D eigenvalue weighted by molar-refractivity contribution is -0.274. The first-order valence-electron chi connectivity index (χ1n) is 4.77. The topological polar surface area (TPSA) is 41.1 Å². The zero-order valence-electron chi connectivity index (χ0n) is 8.45. The second-order valence-electron chi connectivity index (χ2n) is 3.71. The molecule has 0 aromatic carbocycles. The third-order valence-corrected chi connectivity index (χ3v) is 2.32. The van der Waals surface area contributed by atoms with Crippen molar-refractivity contribution in [3.05, 3.63) is 0 Å². The molecule has 1 saturated heterocycles. The number of halogens is 6. The van der Waals surface area contributed by atoms with Crippen molar-refractivity contribution in [2.45, 2.75) is 24.8 Å². The summed E-state index contributed by atoms with van der Waals surface area (Å²) in [4.78, 5) is 11.0. The van der Waals surface area contributed by atoms with Crippen LogP contribution in [0.3, 0.4) is 0 Å². The van der Waals surface area contributed by atoms with Gasteiger partial charge in [0, 0.05) is 12.6 Å². The predicted molar refractivity (Wildman–Crippen MR) is 45.0 cm³/mol. The maximum Gasteiger partial charge on any atom is 0.409 e. The molecule has 2 N–H and O–H groups in total. The Hall–Kier alpha value is -0.990. The molecule has 1 aliphatic rings. The molecule has 1 fully saturated rings. The van der Waals surface area contributed by atoms with Crippen molar-refractivity contribution in [1.82, 2.24) is 10.6 Å². The number of nitrogens with one attached hydrogen (secondary N) is 2. The van der Waals surface area contributed by atoms with Crippen molar-refractivity contribution in [2.75, 3.05) is 13.1 Å². The largest absolute Gasteiger partial charge is 0.409 e. The number of rotatable bonds is 2. The molecular formula is C8H10F6N2O. The molecule has 3 nitrogen and oxygen atoms in total. The van der Waals surface area contributed by atoms with Gasteiger partial charge in [0.15, 0.2) is 0 Å². The summed E-state index contributed by atoms with van der Waals surface area (Å²) in [5.74, 6) is -6.01. The number of hydrogen-bond donors (Lipinski definition) is 2. The average Bonchev–Trinajstić information content (AvgIpc) is 2.49. The van der Waals surface area contributed by atoms with Crippen LogP contribution < -0.4 is 10.6 Å². The van der Waals surface area contributed by atoms with Gasteiger partial charge >= 0.3 is 12.4 Å². The summed E-state index contributed by atoms with van der Waals surface area (Å²) >= 11 is 0. The van der Waals surface area contributed by atoms with E-state index in [1.807, 2.05) is 0 Å². The quantitative estimate of drug-likeness (QED) is 0.736.